The van der Waals surface area contributed by atoms with Crippen molar-refractivity contribution in [3.63, 3.8) is 0 Å². The minimum atomic E-state index is -0.0148. The number of methoxy groups -OCH3 is 2. The molecule has 0 radical (unpaired) electrons. The standard InChI is InChI=1S/C21H24N6O3/c1-29-18-8-6-17(7-9-18)25-10-12-26(13-11-25)20(28)15-27-23-21(22-24-27)16-4-3-5-19(14-16)30-2/h3-9,14H,10-13,15H2,1-2H3. The summed E-state index contributed by atoms with van der Waals surface area (Å²) in [5.74, 6) is 2.00. The second-order valence-electron chi connectivity index (χ2n) is 6.94. The Morgan fingerprint density at radius 1 is 0.967 bits per heavy atom. The molecule has 1 aromatic heterocycles. The number of amides is 1. The van der Waals surface area contributed by atoms with Gasteiger partial charge in [0.15, 0.2) is 0 Å². The molecule has 1 saturated heterocycles. The van der Waals surface area contributed by atoms with E-state index in [1.165, 1.54) is 4.80 Å². The molecule has 1 fully saturated rings. The Kier molecular flexibility index (Phi) is 5.78. The smallest absolute Gasteiger partial charge is 0.246 e. The molecule has 0 saturated carbocycles. The van der Waals surface area contributed by atoms with Crippen molar-refractivity contribution >= 4 is 11.6 Å². The SMILES string of the molecule is COc1ccc(N2CCN(C(=O)Cn3nnc(-c4cccc(OC)c4)n3)CC2)cc1. The summed E-state index contributed by atoms with van der Waals surface area (Å²) in [6.07, 6.45) is 0. The van der Waals surface area contributed by atoms with E-state index >= 15 is 0 Å². The summed E-state index contributed by atoms with van der Waals surface area (Å²) in [5, 5.41) is 12.4. The second-order valence-corrected chi connectivity index (χ2v) is 6.94. The summed E-state index contributed by atoms with van der Waals surface area (Å²) in [6, 6.07) is 15.4. The van der Waals surface area contributed by atoms with Crippen molar-refractivity contribution < 1.29 is 14.3 Å². The fourth-order valence-electron chi connectivity index (χ4n) is 3.42. The van der Waals surface area contributed by atoms with Crippen molar-refractivity contribution in [2.75, 3.05) is 45.3 Å². The first-order valence-corrected chi connectivity index (χ1v) is 9.75. The molecule has 0 bridgehead atoms. The second kappa shape index (κ2) is 8.81. The lowest BCUT2D eigenvalue weighted by molar-refractivity contribution is -0.132. The van der Waals surface area contributed by atoms with Crippen LogP contribution in [-0.2, 0) is 11.3 Å². The summed E-state index contributed by atoms with van der Waals surface area (Å²) < 4.78 is 10.4. The van der Waals surface area contributed by atoms with E-state index in [4.69, 9.17) is 9.47 Å². The van der Waals surface area contributed by atoms with Crippen LogP contribution >= 0.6 is 0 Å². The maximum absolute atomic E-state index is 12.7. The molecule has 9 heteroatoms. The molecule has 0 N–H and O–H groups in total. The minimum Gasteiger partial charge on any atom is -0.497 e. The largest absolute Gasteiger partial charge is 0.497 e. The van der Waals surface area contributed by atoms with E-state index in [9.17, 15) is 4.79 Å². The maximum Gasteiger partial charge on any atom is 0.246 e. The number of hydrogen-bond acceptors (Lipinski definition) is 7. The highest BCUT2D eigenvalue weighted by atomic mass is 16.5. The Bertz CT molecular complexity index is 996. The van der Waals surface area contributed by atoms with Crippen LogP contribution in [0.25, 0.3) is 11.4 Å². The number of anilines is 1. The van der Waals surface area contributed by atoms with Gasteiger partial charge in [0.25, 0.3) is 0 Å². The van der Waals surface area contributed by atoms with Crippen molar-refractivity contribution in [2.24, 2.45) is 0 Å². The first kappa shape index (κ1) is 19.7. The van der Waals surface area contributed by atoms with Crippen molar-refractivity contribution in [3.8, 4) is 22.9 Å². The fraction of sp³-hybridized carbons (Fsp3) is 0.333. The molecule has 2 heterocycles. The van der Waals surface area contributed by atoms with Gasteiger partial charge in [0.05, 0.1) is 14.2 Å². The molecule has 3 aromatic rings. The monoisotopic (exact) mass is 408 g/mol. The highest BCUT2D eigenvalue weighted by Crippen LogP contribution is 2.21. The molecular formula is C21H24N6O3. The van der Waals surface area contributed by atoms with Gasteiger partial charge in [-0.3, -0.25) is 4.79 Å². The molecule has 4 rings (SSSR count). The van der Waals surface area contributed by atoms with Gasteiger partial charge in [-0.25, -0.2) is 0 Å². The molecule has 156 valence electrons. The van der Waals surface area contributed by atoms with Gasteiger partial charge in [-0.15, -0.1) is 10.2 Å². The number of carbonyl (C=O) groups is 1. The number of benzene rings is 2. The first-order valence-electron chi connectivity index (χ1n) is 9.75. The molecule has 0 atom stereocenters. The Labute approximate surface area is 174 Å². The first-order chi connectivity index (χ1) is 14.7. The average Bonchev–Trinajstić information content (AvgIpc) is 3.28. The Hall–Kier alpha value is -3.62. The van der Waals surface area contributed by atoms with E-state index in [1.54, 1.807) is 14.2 Å². The van der Waals surface area contributed by atoms with Crippen LogP contribution in [0.1, 0.15) is 0 Å². The van der Waals surface area contributed by atoms with Gasteiger partial charge >= 0.3 is 0 Å². The Balaban J connectivity index is 1.33. The van der Waals surface area contributed by atoms with Crippen LogP contribution in [0.2, 0.25) is 0 Å². The van der Waals surface area contributed by atoms with Crippen LogP contribution in [0, 0.1) is 0 Å². The zero-order chi connectivity index (χ0) is 20.9. The van der Waals surface area contributed by atoms with Crippen LogP contribution < -0.4 is 14.4 Å². The highest BCUT2D eigenvalue weighted by Gasteiger charge is 2.22. The maximum atomic E-state index is 12.7. The van der Waals surface area contributed by atoms with E-state index < -0.39 is 0 Å². The van der Waals surface area contributed by atoms with E-state index in [2.05, 4.69) is 20.3 Å². The third-order valence-electron chi connectivity index (χ3n) is 5.13. The number of carbonyl (C=O) groups excluding carboxylic acids is 1. The van der Waals surface area contributed by atoms with Crippen molar-refractivity contribution in [2.45, 2.75) is 6.54 Å². The Morgan fingerprint density at radius 2 is 1.70 bits per heavy atom. The normalized spacial score (nSPS) is 13.9. The van der Waals surface area contributed by atoms with E-state index in [0.29, 0.717) is 18.9 Å². The number of hydrogen-bond donors (Lipinski definition) is 0. The van der Waals surface area contributed by atoms with Gasteiger partial charge < -0.3 is 19.3 Å². The van der Waals surface area contributed by atoms with Gasteiger partial charge in [0.1, 0.15) is 18.0 Å². The zero-order valence-electron chi connectivity index (χ0n) is 17.1. The van der Waals surface area contributed by atoms with E-state index in [0.717, 1.165) is 35.8 Å². The summed E-state index contributed by atoms with van der Waals surface area (Å²) >= 11 is 0. The lowest BCUT2D eigenvalue weighted by atomic mass is 10.2. The molecule has 0 aliphatic carbocycles. The minimum absolute atomic E-state index is 0.0148. The number of aromatic nitrogens is 4. The summed E-state index contributed by atoms with van der Waals surface area (Å²) in [5.41, 5.74) is 1.92. The van der Waals surface area contributed by atoms with Gasteiger partial charge in [0.2, 0.25) is 11.7 Å². The zero-order valence-corrected chi connectivity index (χ0v) is 17.1. The van der Waals surface area contributed by atoms with Gasteiger partial charge in [0, 0.05) is 37.4 Å². The number of tetrazole rings is 1. The number of ether oxygens (including phenoxy) is 2. The van der Waals surface area contributed by atoms with Crippen molar-refractivity contribution in [1.82, 2.24) is 25.1 Å². The number of rotatable bonds is 6. The molecule has 2 aromatic carbocycles. The molecule has 0 spiro atoms. The molecule has 0 unspecified atom stereocenters. The predicted octanol–water partition coefficient (Wildman–Crippen LogP) is 1.71. The Morgan fingerprint density at radius 3 is 2.40 bits per heavy atom. The summed E-state index contributed by atoms with van der Waals surface area (Å²) in [7, 11) is 3.26. The number of piperazine rings is 1. The lowest BCUT2D eigenvalue weighted by Crippen LogP contribution is -2.49. The third-order valence-corrected chi connectivity index (χ3v) is 5.13. The quantitative estimate of drug-likeness (QED) is 0.614. The third kappa shape index (κ3) is 4.35. The van der Waals surface area contributed by atoms with Crippen LogP contribution in [0.3, 0.4) is 0 Å². The topological polar surface area (TPSA) is 85.6 Å². The van der Waals surface area contributed by atoms with Crippen molar-refractivity contribution in [3.05, 3.63) is 48.5 Å². The fourth-order valence-corrected chi connectivity index (χ4v) is 3.42. The summed E-state index contributed by atoms with van der Waals surface area (Å²) in [4.78, 5) is 18.1. The van der Waals surface area contributed by atoms with E-state index in [1.807, 2.05) is 53.4 Å². The summed E-state index contributed by atoms with van der Waals surface area (Å²) in [6.45, 7) is 2.93. The molecule has 1 aliphatic rings. The van der Waals surface area contributed by atoms with Crippen LogP contribution in [0.5, 0.6) is 11.5 Å². The average molecular weight is 408 g/mol. The van der Waals surface area contributed by atoms with Crippen LogP contribution in [-0.4, -0.2) is 71.4 Å². The lowest BCUT2D eigenvalue weighted by Gasteiger charge is -2.36. The van der Waals surface area contributed by atoms with Gasteiger partial charge in [-0.2, -0.15) is 4.80 Å². The molecule has 9 nitrogen and oxygen atoms in total. The molecule has 30 heavy (non-hydrogen) atoms. The molecule has 1 aliphatic heterocycles. The van der Waals surface area contributed by atoms with Crippen molar-refractivity contribution in [1.29, 1.82) is 0 Å². The predicted molar refractivity (Wildman–Crippen MR) is 112 cm³/mol. The van der Waals surface area contributed by atoms with Crippen LogP contribution in [0.15, 0.2) is 48.5 Å². The number of nitrogens with zero attached hydrogens (tertiary/aromatic N) is 6. The molecule has 1 amide bonds. The van der Waals surface area contributed by atoms with E-state index in [-0.39, 0.29) is 12.5 Å². The molecular weight excluding hydrogens is 384 g/mol. The van der Waals surface area contributed by atoms with Crippen LogP contribution in [0.4, 0.5) is 5.69 Å². The highest BCUT2D eigenvalue weighted by molar-refractivity contribution is 5.76. The van der Waals surface area contributed by atoms with Gasteiger partial charge in [-0.05, 0) is 41.6 Å². The van der Waals surface area contributed by atoms with Gasteiger partial charge in [-0.1, -0.05) is 12.1 Å².